The van der Waals surface area contributed by atoms with Crippen LogP contribution in [0.25, 0.3) is 0 Å². The van der Waals surface area contributed by atoms with Crippen LogP contribution in [0.5, 0.6) is 0 Å². The highest BCUT2D eigenvalue weighted by atomic mass is 14.3. The second-order valence-electron chi connectivity index (χ2n) is 9.20. The van der Waals surface area contributed by atoms with E-state index in [0.29, 0.717) is 5.41 Å². The van der Waals surface area contributed by atoms with Crippen molar-refractivity contribution in [3.05, 3.63) is 47.5 Å². The minimum Gasteiger partial charge on any atom is -0.100 e. The lowest BCUT2D eigenvalue weighted by atomic mass is 9.70. The first-order chi connectivity index (χ1) is 11.7. The molecule has 25 heavy (non-hydrogen) atoms. The Morgan fingerprint density at radius 1 is 1.04 bits per heavy atom. The van der Waals surface area contributed by atoms with Crippen molar-refractivity contribution in [1.29, 1.82) is 0 Å². The van der Waals surface area contributed by atoms with E-state index >= 15 is 0 Å². The summed E-state index contributed by atoms with van der Waals surface area (Å²) < 4.78 is 0. The van der Waals surface area contributed by atoms with Gasteiger partial charge in [-0.15, -0.1) is 6.58 Å². The van der Waals surface area contributed by atoms with Gasteiger partial charge >= 0.3 is 0 Å². The quantitative estimate of drug-likeness (QED) is 0.359. The van der Waals surface area contributed by atoms with E-state index in [1.807, 2.05) is 0 Å². The van der Waals surface area contributed by atoms with E-state index in [2.05, 4.69) is 79.3 Å². The number of aryl methyl sites for hydroxylation is 2. The molecule has 0 heteroatoms. The molecule has 142 valence electrons. The summed E-state index contributed by atoms with van der Waals surface area (Å²) >= 11 is 0. The Morgan fingerprint density at radius 3 is 2.08 bits per heavy atom. The number of allylic oxidation sites excluding steroid dienone is 1. The fourth-order valence-corrected chi connectivity index (χ4v) is 4.14. The lowest BCUT2D eigenvalue weighted by Gasteiger charge is -2.35. The normalized spacial score (nSPS) is 15.6. The summed E-state index contributed by atoms with van der Waals surface area (Å²) in [4.78, 5) is 0. The van der Waals surface area contributed by atoms with Gasteiger partial charge in [-0.1, -0.05) is 77.8 Å². The molecular weight excluding hydrogens is 300 g/mol. The van der Waals surface area contributed by atoms with Crippen LogP contribution in [0.1, 0.15) is 85.3 Å². The summed E-state index contributed by atoms with van der Waals surface area (Å²) in [6, 6.07) is 9.23. The van der Waals surface area contributed by atoms with Crippen LogP contribution in [0.15, 0.2) is 36.4 Å². The first kappa shape index (κ1) is 22.0. The molecule has 0 heterocycles. The molecule has 1 aromatic carbocycles. The van der Waals surface area contributed by atoms with Gasteiger partial charge < -0.3 is 0 Å². The molecule has 0 nitrogen and oxygen atoms in total. The van der Waals surface area contributed by atoms with Crippen LogP contribution in [-0.2, 0) is 12.8 Å². The SMILES string of the molecule is C=C(C)CC(C)C(C)C(CC)CC(C)(C)CCc1ccc(CC)cc1. The summed E-state index contributed by atoms with van der Waals surface area (Å²) in [7, 11) is 0. The van der Waals surface area contributed by atoms with Gasteiger partial charge in [0.2, 0.25) is 0 Å². The number of rotatable bonds is 11. The third kappa shape index (κ3) is 7.80. The summed E-state index contributed by atoms with van der Waals surface area (Å²) in [6.07, 6.45) is 7.39. The molecular formula is C25H42. The van der Waals surface area contributed by atoms with Gasteiger partial charge in [0.05, 0.1) is 0 Å². The summed E-state index contributed by atoms with van der Waals surface area (Å²) in [6.45, 7) is 20.7. The predicted molar refractivity (Wildman–Crippen MR) is 114 cm³/mol. The first-order valence-electron chi connectivity index (χ1n) is 10.4. The van der Waals surface area contributed by atoms with Crippen molar-refractivity contribution in [2.24, 2.45) is 23.2 Å². The number of benzene rings is 1. The lowest BCUT2D eigenvalue weighted by Crippen LogP contribution is -2.25. The molecule has 0 saturated heterocycles. The standard InChI is InChI=1S/C25H42/c1-9-22-11-13-23(14-12-22)15-16-25(7,8)18-24(10-2)21(6)20(5)17-19(3)4/h11-14,20-21,24H,3,9-10,15-18H2,1-2,4-8H3. The maximum atomic E-state index is 4.11. The number of hydrogen-bond donors (Lipinski definition) is 0. The van der Waals surface area contributed by atoms with Gasteiger partial charge in [0, 0.05) is 0 Å². The average Bonchev–Trinajstić information content (AvgIpc) is 2.57. The zero-order chi connectivity index (χ0) is 19.0. The zero-order valence-electron chi connectivity index (χ0n) is 18.0. The van der Waals surface area contributed by atoms with Gasteiger partial charge in [0.1, 0.15) is 0 Å². The monoisotopic (exact) mass is 342 g/mol. The van der Waals surface area contributed by atoms with Crippen LogP contribution in [0, 0.1) is 23.2 Å². The Hall–Kier alpha value is -1.04. The second-order valence-corrected chi connectivity index (χ2v) is 9.20. The number of hydrogen-bond acceptors (Lipinski definition) is 0. The third-order valence-electron chi connectivity index (χ3n) is 6.17. The van der Waals surface area contributed by atoms with Gasteiger partial charge in [-0.2, -0.15) is 0 Å². The van der Waals surface area contributed by atoms with Crippen LogP contribution < -0.4 is 0 Å². The Bertz CT molecular complexity index is 505. The summed E-state index contributed by atoms with van der Waals surface area (Å²) in [5.41, 5.74) is 4.65. The smallest absolute Gasteiger partial charge is 0.0274 e. The lowest BCUT2D eigenvalue weighted by molar-refractivity contribution is 0.163. The molecule has 0 saturated carbocycles. The van der Waals surface area contributed by atoms with E-state index in [4.69, 9.17) is 0 Å². The van der Waals surface area contributed by atoms with E-state index in [9.17, 15) is 0 Å². The van der Waals surface area contributed by atoms with Crippen molar-refractivity contribution in [1.82, 2.24) is 0 Å². The van der Waals surface area contributed by atoms with E-state index in [0.717, 1.165) is 24.2 Å². The van der Waals surface area contributed by atoms with Crippen molar-refractivity contribution in [3.8, 4) is 0 Å². The minimum atomic E-state index is 0.404. The van der Waals surface area contributed by atoms with Crippen LogP contribution in [-0.4, -0.2) is 0 Å². The Balaban J connectivity index is 2.61. The highest BCUT2D eigenvalue weighted by Crippen LogP contribution is 2.38. The Kier molecular flexibility index (Phi) is 8.97. The third-order valence-corrected chi connectivity index (χ3v) is 6.17. The first-order valence-corrected chi connectivity index (χ1v) is 10.4. The largest absolute Gasteiger partial charge is 0.100 e. The molecule has 0 fully saturated rings. The van der Waals surface area contributed by atoms with Gasteiger partial charge in [0.15, 0.2) is 0 Å². The van der Waals surface area contributed by atoms with Crippen molar-refractivity contribution in [2.45, 2.75) is 87.0 Å². The molecule has 0 bridgehead atoms. The van der Waals surface area contributed by atoms with E-state index in [1.54, 1.807) is 0 Å². The van der Waals surface area contributed by atoms with Gasteiger partial charge in [-0.25, -0.2) is 0 Å². The minimum absolute atomic E-state index is 0.404. The van der Waals surface area contributed by atoms with Gasteiger partial charge in [-0.05, 0) is 73.3 Å². The zero-order valence-corrected chi connectivity index (χ0v) is 18.0. The van der Waals surface area contributed by atoms with Crippen molar-refractivity contribution in [3.63, 3.8) is 0 Å². The van der Waals surface area contributed by atoms with Crippen LogP contribution in [0.3, 0.4) is 0 Å². The second kappa shape index (κ2) is 10.2. The van der Waals surface area contributed by atoms with Crippen LogP contribution in [0.2, 0.25) is 0 Å². The molecule has 0 aliphatic carbocycles. The molecule has 0 aliphatic rings. The maximum Gasteiger partial charge on any atom is -0.0274 e. The van der Waals surface area contributed by atoms with Gasteiger partial charge in [-0.3, -0.25) is 0 Å². The van der Waals surface area contributed by atoms with E-state index in [-0.39, 0.29) is 0 Å². The highest BCUT2D eigenvalue weighted by Gasteiger charge is 2.28. The van der Waals surface area contributed by atoms with Crippen molar-refractivity contribution in [2.75, 3.05) is 0 Å². The average molecular weight is 343 g/mol. The highest BCUT2D eigenvalue weighted by molar-refractivity contribution is 5.22. The summed E-state index contributed by atoms with van der Waals surface area (Å²) in [5.74, 6) is 2.32. The fourth-order valence-electron chi connectivity index (χ4n) is 4.14. The molecule has 3 atom stereocenters. The molecule has 1 rings (SSSR count). The topological polar surface area (TPSA) is 0 Å². The molecule has 0 spiro atoms. The van der Waals surface area contributed by atoms with Crippen molar-refractivity contribution >= 4 is 0 Å². The molecule has 0 aliphatic heterocycles. The molecule has 0 N–H and O–H groups in total. The van der Waals surface area contributed by atoms with Crippen LogP contribution >= 0.6 is 0 Å². The maximum absolute atomic E-state index is 4.11. The summed E-state index contributed by atoms with van der Waals surface area (Å²) in [5, 5.41) is 0. The molecule has 1 aromatic rings. The Labute approximate surface area is 158 Å². The van der Waals surface area contributed by atoms with E-state index < -0.39 is 0 Å². The Morgan fingerprint density at radius 2 is 1.60 bits per heavy atom. The van der Waals surface area contributed by atoms with Gasteiger partial charge in [0.25, 0.3) is 0 Å². The molecule has 0 amide bonds. The van der Waals surface area contributed by atoms with E-state index in [1.165, 1.54) is 48.8 Å². The fraction of sp³-hybridized carbons (Fsp3) is 0.680. The van der Waals surface area contributed by atoms with Crippen LogP contribution in [0.4, 0.5) is 0 Å². The molecule has 3 unspecified atom stereocenters. The molecule has 0 aromatic heterocycles. The predicted octanol–water partition coefficient (Wildman–Crippen LogP) is 7.86. The van der Waals surface area contributed by atoms with Crippen molar-refractivity contribution < 1.29 is 0 Å². The molecule has 0 radical (unpaired) electrons.